The molecule has 0 spiro atoms. The number of fused-ring (bicyclic) bond motifs is 3. The monoisotopic (exact) mass is 274 g/mol. The fourth-order valence-electron chi connectivity index (χ4n) is 2.46. The molecule has 0 aliphatic rings. The Bertz CT molecular complexity index is 773. The standard InChI is InChI=1S/C16H12Cl2/c1-9-10(2)15(17)16(18)14-12(9)8-7-11-5-3-4-6-13(11)14/h3-8H,1-2H3. The van der Waals surface area contributed by atoms with Gasteiger partial charge in [-0.3, -0.25) is 0 Å². The molecule has 3 aromatic carbocycles. The van der Waals surface area contributed by atoms with E-state index in [2.05, 4.69) is 31.2 Å². The molecular formula is C16H12Cl2. The van der Waals surface area contributed by atoms with Crippen LogP contribution in [0.3, 0.4) is 0 Å². The van der Waals surface area contributed by atoms with E-state index in [-0.39, 0.29) is 0 Å². The van der Waals surface area contributed by atoms with Gasteiger partial charge in [0.15, 0.2) is 0 Å². The van der Waals surface area contributed by atoms with Crippen LogP contribution in [-0.2, 0) is 0 Å². The van der Waals surface area contributed by atoms with Gasteiger partial charge in [-0.1, -0.05) is 59.6 Å². The number of halogens is 2. The van der Waals surface area contributed by atoms with E-state index in [1.54, 1.807) is 0 Å². The first-order chi connectivity index (χ1) is 8.61. The molecule has 0 nitrogen and oxygen atoms in total. The molecule has 18 heavy (non-hydrogen) atoms. The maximum Gasteiger partial charge on any atom is 0.0679 e. The Labute approximate surface area is 116 Å². The van der Waals surface area contributed by atoms with E-state index >= 15 is 0 Å². The van der Waals surface area contributed by atoms with Crippen molar-refractivity contribution in [1.29, 1.82) is 0 Å². The predicted octanol–water partition coefficient (Wildman–Crippen LogP) is 5.92. The van der Waals surface area contributed by atoms with Crippen LogP contribution in [0.25, 0.3) is 21.5 Å². The second-order valence-electron chi connectivity index (χ2n) is 4.59. The molecule has 0 atom stereocenters. The largest absolute Gasteiger partial charge is 0.0824 e. The van der Waals surface area contributed by atoms with Crippen molar-refractivity contribution in [3.8, 4) is 0 Å². The molecule has 0 aliphatic carbocycles. The molecular weight excluding hydrogens is 263 g/mol. The highest BCUT2D eigenvalue weighted by Crippen LogP contribution is 2.40. The van der Waals surface area contributed by atoms with Crippen molar-refractivity contribution in [2.24, 2.45) is 0 Å². The summed E-state index contributed by atoms with van der Waals surface area (Å²) >= 11 is 12.8. The molecule has 0 bridgehead atoms. The van der Waals surface area contributed by atoms with Gasteiger partial charge in [-0.2, -0.15) is 0 Å². The average Bonchev–Trinajstić information content (AvgIpc) is 2.41. The molecule has 0 aliphatic heterocycles. The number of aryl methyl sites for hydroxylation is 1. The lowest BCUT2D eigenvalue weighted by Gasteiger charge is -2.13. The van der Waals surface area contributed by atoms with Crippen LogP contribution in [0.1, 0.15) is 11.1 Å². The van der Waals surface area contributed by atoms with Gasteiger partial charge in [-0.05, 0) is 41.1 Å². The predicted molar refractivity (Wildman–Crippen MR) is 80.9 cm³/mol. The van der Waals surface area contributed by atoms with Gasteiger partial charge in [0.1, 0.15) is 0 Å². The molecule has 0 unspecified atom stereocenters. The highest BCUT2D eigenvalue weighted by Gasteiger charge is 2.13. The molecule has 0 aromatic heterocycles. The summed E-state index contributed by atoms with van der Waals surface area (Å²) in [6, 6.07) is 12.5. The van der Waals surface area contributed by atoms with Gasteiger partial charge in [0.25, 0.3) is 0 Å². The van der Waals surface area contributed by atoms with Gasteiger partial charge in [-0.15, -0.1) is 0 Å². The van der Waals surface area contributed by atoms with Crippen LogP contribution in [-0.4, -0.2) is 0 Å². The van der Waals surface area contributed by atoms with Gasteiger partial charge in [0, 0.05) is 5.39 Å². The Hall–Kier alpha value is -1.24. The SMILES string of the molecule is Cc1c(Cl)c(Cl)c2c(ccc3ccccc32)c1C. The maximum atomic E-state index is 6.45. The van der Waals surface area contributed by atoms with E-state index in [4.69, 9.17) is 23.2 Å². The number of hydrogen-bond acceptors (Lipinski definition) is 0. The lowest BCUT2D eigenvalue weighted by Crippen LogP contribution is -1.89. The molecule has 0 amide bonds. The Morgan fingerprint density at radius 1 is 0.722 bits per heavy atom. The first-order valence-electron chi connectivity index (χ1n) is 5.87. The van der Waals surface area contributed by atoms with E-state index in [9.17, 15) is 0 Å². The van der Waals surface area contributed by atoms with E-state index in [1.165, 1.54) is 16.3 Å². The molecule has 3 aromatic rings. The number of benzene rings is 3. The highest BCUT2D eigenvalue weighted by molar-refractivity contribution is 6.47. The van der Waals surface area contributed by atoms with Crippen LogP contribution in [0.2, 0.25) is 10.0 Å². The van der Waals surface area contributed by atoms with Crippen LogP contribution in [0.4, 0.5) is 0 Å². The smallest absolute Gasteiger partial charge is 0.0679 e. The Morgan fingerprint density at radius 3 is 2.22 bits per heavy atom. The second-order valence-corrected chi connectivity index (χ2v) is 5.34. The lowest BCUT2D eigenvalue weighted by atomic mass is 9.96. The topological polar surface area (TPSA) is 0 Å². The zero-order valence-corrected chi connectivity index (χ0v) is 11.7. The molecule has 0 heterocycles. The van der Waals surface area contributed by atoms with Crippen LogP contribution >= 0.6 is 23.2 Å². The third-order valence-corrected chi connectivity index (χ3v) is 4.58. The molecule has 0 radical (unpaired) electrons. The zero-order valence-electron chi connectivity index (χ0n) is 10.2. The van der Waals surface area contributed by atoms with Crippen LogP contribution < -0.4 is 0 Å². The first kappa shape index (κ1) is 11.8. The quantitative estimate of drug-likeness (QED) is 0.447. The van der Waals surface area contributed by atoms with Gasteiger partial charge < -0.3 is 0 Å². The minimum absolute atomic E-state index is 0.659. The molecule has 0 saturated carbocycles. The lowest BCUT2D eigenvalue weighted by molar-refractivity contribution is 1.38. The Kier molecular flexibility index (Phi) is 2.73. The van der Waals surface area contributed by atoms with Crippen molar-refractivity contribution < 1.29 is 0 Å². The summed E-state index contributed by atoms with van der Waals surface area (Å²) in [5.41, 5.74) is 2.26. The van der Waals surface area contributed by atoms with Crippen molar-refractivity contribution in [3.05, 3.63) is 57.6 Å². The van der Waals surface area contributed by atoms with Gasteiger partial charge in [0.05, 0.1) is 10.0 Å². The van der Waals surface area contributed by atoms with Crippen molar-refractivity contribution in [2.45, 2.75) is 13.8 Å². The van der Waals surface area contributed by atoms with Gasteiger partial charge >= 0.3 is 0 Å². The molecule has 0 fully saturated rings. The molecule has 90 valence electrons. The summed E-state index contributed by atoms with van der Waals surface area (Å²) < 4.78 is 0. The third-order valence-electron chi connectivity index (χ3n) is 3.64. The van der Waals surface area contributed by atoms with E-state index in [0.717, 1.165) is 16.3 Å². The van der Waals surface area contributed by atoms with Crippen LogP contribution in [0.15, 0.2) is 36.4 Å². The van der Waals surface area contributed by atoms with Crippen LogP contribution in [0, 0.1) is 13.8 Å². The van der Waals surface area contributed by atoms with E-state index < -0.39 is 0 Å². The number of rotatable bonds is 0. The molecule has 3 rings (SSSR count). The summed E-state index contributed by atoms with van der Waals surface area (Å²) in [5.74, 6) is 0. The fourth-order valence-corrected chi connectivity index (χ4v) is 3.04. The first-order valence-corrected chi connectivity index (χ1v) is 6.62. The summed E-state index contributed by atoms with van der Waals surface area (Å²) in [5, 5.41) is 5.91. The highest BCUT2D eigenvalue weighted by atomic mass is 35.5. The zero-order chi connectivity index (χ0) is 12.9. The normalized spacial score (nSPS) is 11.3. The van der Waals surface area contributed by atoms with Gasteiger partial charge in [-0.25, -0.2) is 0 Å². The summed E-state index contributed by atoms with van der Waals surface area (Å²) in [4.78, 5) is 0. The molecule has 0 saturated heterocycles. The van der Waals surface area contributed by atoms with Crippen molar-refractivity contribution in [2.75, 3.05) is 0 Å². The summed E-state index contributed by atoms with van der Waals surface area (Å²) in [6.45, 7) is 4.10. The Morgan fingerprint density at radius 2 is 1.44 bits per heavy atom. The maximum absolute atomic E-state index is 6.45. The fraction of sp³-hybridized carbons (Fsp3) is 0.125. The molecule has 0 N–H and O–H groups in total. The summed E-state index contributed by atoms with van der Waals surface area (Å²) in [7, 11) is 0. The van der Waals surface area contributed by atoms with Crippen molar-refractivity contribution >= 4 is 44.7 Å². The van der Waals surface area contributed by atoms with E-state index in [0.29, 0.717) is 10.0 Å². The minimum atomic E-state index is 0.659. The third kappa shape index (κ3) is 1.53. The second kappa shape index (κ2) is 4.15. The average molecular weight is 275 g/mol. The van der Waals surface area contributed by atoms with Crippen molar-refractivity contribution in [3.63, 3.8) is 0 Å². The minimum Gasteiger partial charge on any atom is -0.0824 e. The Balaban J connectivity index is 2.66. The van der Waals surface area contributed by atoms with Crippen LogP contribution in [0.5, 0.6) is 0 Å². The summed E-state index contributed by atoms with van der Waals surface area (Å²) in [6.07, 6.45) is 0. The van der Waals surface area contributed by atoms with E-state index in [1.807, 2.05) is 19.1 Å². The van der Waals surface area contributed by atoms with Crippen molar-refractivity contribution in [1.82, 2.24) is 0 Å². The van der Waals surface area contributed by atoms with Gasteiger partial charge in [0.2, 0.25) is 0 Å². The number of hydrogen-bond donors (Lipinski definition) is 0. The molecule has 2 heteroatoms.